The Morgan fingerprint density at radius 2 is 2.00 bits per heavy atom. The fraction of sp³-hybridized carbons (Fsp3) is 0.176. The molecule has 0 aliphatic heterocycles. The minimum absolute atomic E-state index is 0.0395. The van der Waals surface area contributed by atoms with E-state index in [1.54, 1.807) is 36.0 Å². The van der Waals surface area contributed by atoms with Gasteiger partial charge in [-0.15, -0.1) is 0 Å². The highest BCUT2D eigenvalue weighted by Gasteiger charge is 2.18. The molecule has 7 nitrogen and oxygen atoms in total. The van der Waals surface area contributed by atoms with E-state index in [9.17, 15) is 18.3 Å². The van der Waals surface area contributed by atoms with E-state index >= 15 is 0 Å². The molecule has 0 amide bonds. The summed E-state index contributed by atoms with van der Waals surface area (Å²) in [4.78, 5) is 11.1. The van der Waals surface area contributed by atoms with Crippen molar-refractivity contribution in [3.8, 4) is 0 Å². The second kappa shape index (κ2) is 6.21. The highest BCUT2D eigenvalue weighted by Crippen LogP contribution is 2.23. The minimum Gasteiger partial charge on any atom is -0.478 e. The maximum atomic E-state index is 12.6. The summed E-state index contributed by atoms with van der Waals surface area (Å²) >= 11 is 0. The van der Waals surface area contributed by atoms with Crippen molar-refractivity contribution in [3.63, 3.8) is 0 Å². The van der Waals surface area contributed by atoms with Crippen LogP contribution in [0.5, 0.6) is 0 Å². The molecule has 0 saturated heterocycles. The van der Waals surface area contributed by atoms with Gasteiger partial charge in [-0.1, -0.05) is 6.07 Å². The van der Waals surface area contributed by atoms with Crippen LogP contribution in [0.4, 0.5) is 5.69 Å². The molecule has 2 aromatic carbocycles. The van der Waals surface area contributed by atoms with Crippen LogP contribution >= 0.6 is 0 Å². The van der Waals surface area contributed by atoms with Crippen LogP contribution in [0.25, 0.3) is 10.9 Å². The minimum atomic E-state index is -3.90. The Morgan fingerprint density at radius 3 is 2.68 bits per heavy atom. The monoisotopic (exact) mass is 359 g/mol. The molecule has 2 N–H and O–H groups in total. The Balaban J connectivity index is 1.99. The van der Waals surface area contributed by atoms with E-state index in [0.717, 1.165) is 17.0 Å². The highest BCUT2D eigenvalue weighted by molar-refractivity contribution is 7.92. The van der Waals surface area contributed by atoms with Gasteiger partial charge in [0.15, 0.2) is 0 Å². The molecule has 3 rings (SSSR count). The molecule has 0 aliphatic rings. The van der Waals surface area contributed by atoms with Crippen molar-refractivity contribution >= 4 is 32.6 Å². The van der Waals surface area contributed by atoms with Crippen LogP contribution in [0.15, 0.2) is 47.5 Å². The molecule has 0 atom stereocenters. The number of carboxylic acid groups (broad SMARTS) is 1. The molecule has 0 radical (unpaired) electrons. The van der Waals surface area contributed by atoms with E-state index in [1.807, 2.05) is 6.92 Å². The zero-order valence-electron chi connectivity index (χ0n) is 13.7. The van der Waals surface area contributed by atoms with Gasteiger partial charge in [-0.3, -0.25) is 9.40 Å². The Labute approximate surface area is 145 Å². The van der Waals surface area contributed by atoms with Crippen molar-refractivity contribution in [3.05, 3.63) is 53.7 Å². The number of hydrogen-bond acceptors (Lipinski definition) is 4. The Bertz CT molecular complexity index is 1070. The zero-order valence-corrected chi connectivity index (χ0v) is 14.5. The van der Waals surface area contributed by atoms with Crippen LogP contribution in [0.1, 0.15) is 22.8 Å². The molecule has 0 unspecified atom stereocenters. The second-order valence-corrected chi connectivity index (χ2v) is 7.30. The van der Waals surface area contributed by atoms with E-state index < -0.39 is 16.0 Å². The highest BCUT2D eigenvalue weighted by atomic mass is 32.2. The number of aryl methyl sites for hydroxylation is 2. The predicted molar refractivity (Wildman–Crippen MR) is 94.4 cm³/mol. The first kappa shape index (κ1) is 17.0. The zero-order chi connectivity index (χ0) is 18.2. The van der Waals surface area contributed by atoms with Crippen molar-refractivity contribution in [1.29, 1.82) is 0 Å². The molecule has 1 heterocycles. The summed E-state index contributed by atoms with van der Waals surface area (Å²) in [6, 6.07) is 9.16. The molecule has 8 heteroatoms. The van der Waals surface area contributed by atoms with Crippen molar-refractivity contribution in [2.24, 2.45) is 0 Å². The number of anilines is 1. The molecule has 130 valence electrons. The number of hydrogen-bond donors (Lipinski definition) is 2. The SMILES string of the molecule is CCn1ncc2ccc(NS(=O)(=O)c3ccc(C)c(C(=O)O)c3)cc21. The van der Waals surface area contributed by atoms with Gasteiger partial charge in [0.05, 0.1) is 27.9 Å². The quantitative estimate of drug-likeness (QED) is 0.729. The average Bonchev–Trinajstić information content (AvgIpc) is 2.96. The molecule has 0 saturated carbocycles. The number of nitrogens with zero attached hydrogens (tertiary/aromatic N) is 2. The summed E-state index contributed by atoms with van der Waals surface area (Å²) in [5, 5.41) is 14.3. The van der Waals surface area contributed by atoms with Crippen LogP contribution in [0.3, 0.4) is 0 Å². The lowest BCUT2D eigenvalue weighted by molar-refractivity contribution is 0.0696. The average molecular weight is 359 g/mol. The van der Waals surface area contributed by atoms with Gasteiger partial charge < -0.3 is 5.11 Å². The molecular formula is C17H17N3O4S. The first-order chi connectivity index (χ1) is 11.8. The van der Waals surface area contributed by atoms with E-state index in [4.69, 9.17) is 0 Å². The molecule has 0 aliphatic carbocycles. The van der Waals surface area contributed by atoms with Gasteiger partial charge in [-0.25, -0.2) is 13.2 Å². The van der Waals surface area contributed by atoms with Gasteiger partial charge in [0, 0.05) is 11.9 Å². The first-order valence-electron chi connectivity index (χ1n) is 7.64. The normalized spacial score (nSPS) is 11.6. The third-order valence-electron chi connectivity index (χ3n) is 3.95. The number of fused-ring (bicyclic) bond motifs is 1. The first-order valence-corrected chi connectivity index (χ1v) is 9.12. The third kappa shape index (κ3) is 3.20. The summed E-state index contributed by atoms with van der Waals surface area (Å²) in [5.41, 5.74) is 1.67. The Hall–Kier alpha value is -2.87. The summed E-state index contributed by atoms with van der Waals surface area (Å²) in [5.74, 6) is -1.16. The van der Waals surface area contributed by atoms with Crippen LogP contribution < -0.4 is 4.72 Å². The number of carbonyl (C=O) groups is 1. The summed E-state index contributed by atoms with van der Waals surface area (Å²) < 4.78 is 29.4. The maximum absolute atomic E-state index is 12.6. The van der Waals surface area contributed by atoms with Crippen LogP contribution in [-0.4, -0.2) is 29.3 Å². The largest absolute Gasteiger partial charge is 0.478 e. The van der Waals surface area contributed by atoms with E-state index in [2.05, 4.69) is 9.82 Å². The maximum Gasteiger partial charge on any atom is 0.335 e. The second-order valence-electron chi connectivity index (χ2n) is 5.62. The molecule has 3 aromatic rings. The topological polar surface area (TPSA) is 101 Å². The molecule has 1 aromatic heterocycles. The standard InChI is InChI=1S/C17H17N3O4S/c1-3-20-16-8-13(6-5-12(16)10-18-20)19-25(23,24)14-7-4-11(2)15(9-14)17(21)22/h4-10,19H,3H2,1-2H3,(H,21,22). The van der Waals surface area contributed by atoms with Crippen molar-refractivity contribution in [2.45, 2.75) is 25.3 Å². The third-order valence-corrected chi connectivity index (χ3v) is 5.33. The summed E-state index contributed by atoms with van der Waals surface area (Å²) in [7, 11) is -3.90. The van der Waals surface area contributed by atoms with Gasteiger partial charge in [-0.2, -0.15) is 5.10 Å². The number of benzene rings is 2. The lowest BCUT2D eigenvalue weighted by Gasteiger charge is -2.10. The van der Waals surface area contributed by atoms with Gasteiger partial charge in [-0.05, 0) is 49.7 Å². The Kier molecular flexibility index (Phi) is 4.22. The van der Waals surface area contributed by atoms with Gasteiger partial charge in [0.25, 0.3) is 10.0 Å². The lowest BCUT2D eigenvalue weighted by atomic mass is 10.1. The van der Waals surface area contributed by atoms with Crippen LogP contribution in [0.2, 0.25) is 0 Å². The number of aromatic carboxylic acids is 1. The fourth-order valence-electron chi connectivity index (χ4n) is 2.60. The fourth-order valence-corrected chi connectivity index (χ4v) is 3.67. The molecule has 25 heavy (non-hydrogen) atoms. The smallest absolute Gasteiger partial charge is 0.335 e. The molecular weight excluding hydrogens is 342 g/mol. The van der Waals surface area contributed by atoms with Crippen LogP contribution in [-0.2, 0) is 16.6 Å². The lowest BCUT2D eigenvalue weighted by Crippen LogP contribution is -2.14. The van der Waals surface area contributed by atoms with E-state index in [-0.39, 0.29) is 10.5 Å². The van der Waals surface area contributed by atoms with E-state index in [1.165, 1.54) is 12.1 Å². The van der Waals surface area contributed by atoms with Crippen LogP contribution in [0, 0.1) is 6.92 Å². The van der Waals surface area contributed by atoms with Gasteiger partial charge >= 0.3 is 5.97 Å². The number of nitrogens with one attached hydrogen (secondary N) is 1. The number of rotatable bonds is 5. The Morgan fingerprint density at radius 1 is 1.24 bits per heavy atom. The predicted octanol–water partition coefficient (Wildman–Crippen LogP) is 2.86. The van der Waals surface area contributed by atoms with Gasteiger partial charge in [0.1, 0.15) is 0 Å². The van der Waals surface area contributed by atoms with Crippen molar-refractivity contribution in [1.82, 2.24) is 9.78 Å². The van der Waals surface area contributed by atoms with Crippen molar-refractivity contribution in [2.75, 3.05) is 4.72 Å². The summed E-state index contributed by atoms with van der Waals surface area (Å²) in [6.45, 7) is 4.23. The number of sulfonamides is 1. The summed E-state index contributed by atoms with van der Waals surface area (Å²) in [6.07, 6.45) is 1.72. The van der Waals surface area contributed by atoms with Crippen molar-refractivity contribution < 1.29 is 18.3 Å². The molecule has 0 bridgehead atoms. The van der Waals surface area contributed by atoms with Gasteiger partial charge in [0.2, 0.25) is 0 Å². The number of carboxylic acids is 1. The van der Waals surface area contributed by atoms with E-state index in [0.29, 0.717) is 17.8 Å². The number of aromatic nitrogens is 2. The molecule has 0 fully saturated rings. The molecule has 0 spiro atoms.